The fourth-order valence-electron chi connectivity index (χ4n) is 6.70. The molecule has 8 nitrogen and oxygen atoms in total. The van der Waals surface area contributed by atoms with Crippen LogP contribution in [0.15, 0.2) is 42.6 Å². The number of likely N-dealkylation sites (tertiary alicyclic amines) is 1. The Morgan fingerprint density at radius 2 is 1.73 bits per heavy atom. The molecular weight excluding hydrogens is 595 g/mol. The van der Waals surface area contributed by atoms with E-state index in [1.165, 1.54) is 18.1 Å². The predicted molar refractivity (Wildman–Crippen MR) is 159 cm³/mol. The molecule has 3 heterocycles. The summed E-state index contributed by atoms with van der Waals surface area (Å²) in [6.45, 7) is 3.66. The Kier molecular flexibility index (Phi) is 9.30. The second kappa shape index (κ2) is 12.8. The number of alkyl halides is 3. The molecule has 12 heteroatoms. The Labute approximate surface area is 260 Å². The summed E-state index contributed by atoms with van der Waals surface area (Å²) in [7, 11) is 1.46. The summed E-state index contributed by atoms with van der Waals surface area (Å²) in [5.74, 6) is 0.295. The summed E-state index contributed by atoms with van der Waals surface area (Å²) in [6.07, 6.45) is -2.83. The standard InChI is InChI=1S/C32H37ClF3N5O3/c1-21-9-13-31(14-10-21,32(34,35)36)44-30(43)39(2)27-20-41(19-26(27)23-4-6-25(33)7-5-23)29(42)24-11-15-40(16-12-24)28-8-3-22(17-37)18-38-28/h3-8,18,21,24,26-27H,9-16,19-20H2,1-2H3/t21-,26-,27+,31-/m0/s1. The molecule has 0 bridgehead atoms. The third-order valence-electron chi connectivity index (χ3n) is 9.61. The number of nitrogens with zero attached hydrogens (tertiary/aromatic N) is 5. The van der Waals surface area contributed by atoms with Gasteiger partial charge in [0, 0.05) is 56.3 Å². The number of likely N-dealkylation sites (N-methyl/N-ethyl adjacent to an activating group) is 1. The van der Waals surface area contributed by atoms with Gasteiger partial charge in [-0.3, -0.25) is 4.79 Å². The SMILES string of the molecule is CN(C(=O)O[C@]1(C(F)(F)F)CC[C@@H](C)CC1)[C@@H]1CN(C(=O)C2CCN(c3ccc(C#N)cn3)CC2)C[C@H]1c1ccc(Cl)cc1. The number of halogens is 4. The van der Waals surface area contributed by atoms with E-state index in [0.717, 1.165) is 11.4 Å². The van der Waals surface area contributed by atoms with Crippen molar-refractivity contribution in [2.45, 2.75) is 69.2 Å². The van der Waals surface area contributed by atoms with Crippen LogP contribution in [0.25, 0.3) is 0 Å². The molecular formula is C32H37ClF3N5O3. The number of aromatic nitrogens is 1. The Bertz CT molecular complexity index is 1370. The molecule has 2 aliphatic heterocycles. The Morgan fingerprint density at radius 1 is 1.07 bits per heavy atom. The Morgan fingerprint density at radius 3 is 2.30 bits per heavy atom. The number of rotatable bonds is 5. The number of piperidine rings is 1. The van der Waals surface area contributed by atoms with E-state index < -0.39 is 23.9 Å². The average Bonchev–Trinajstić information content (AvgIpc) is 3.47. The van der Waals surface area contributed by atoms with E-state index in [1.54, 1.807) is 29.2 Å². The second-order valence-electron chi connectivity index (χ2n) is 12.4. The first kappa shape index (κ1) is 31.9. The molecule has 1 aliphatic carbocycles. The highest BCUT2D eigenvalue weighted by molar-refractivity contribution is 6.30. The van der Waals surface area contributed by atoms with Gasteiger partial charge in [-0.2, -0.15) is 18.4 Å². The highest BCUT2D eigenvalue weighted by atomic mass is 35.5. The van der Waals surface area contributed by atoms with Crippen molar-refractivity contribution in [3.8, 4) is 6.07 Å². The fourth-order valence-corrected chi connectivity index (χ4v) is 6.82. The highest BCUT2D eigenvalue weighted by Gasteiger charge is 2.59. The van der Waals surface area contributed by atoms with Crippen molar-refractivity contribution in [1.29, 1.82) is 5.26 Å². The monoisotopic (exact) mass is 631 g/mol. The molecule has 236 valence electrons. The maximum absolute atomic E-state index is 14.3. The summed E-state index contributed by atoms with van der Waals surface area (Å²) in [6, 6.07) is 12.1. The molecule has 0 radical (unpaired) electrons. The maximum Gasteiger partial charge on any atom is 0.428 e. The van der Waals surface area contributed by atoms with E-state index in [2.05, 4.69) is 16.0 Å². The number of ether oxygens (including phenoxy) is 1. The number of nitriles is 1. The number of hydrogen-bond acceptors (Lipinski definition) is 6. The smallest absolute Gasteiger partial charge is 0.428 e. The minimum Gasteiger partial charge on any atom is -0.433 e. The predicted octanol–water partition coefficient (Wildman–Crippen LogP) is 6.40. The topological polar surface area (TPSA) is 89.8 Å². The molecule has 44 heavy (non-hydrogen) atoms. The molecule has 1 aromatic heterocycles. The molecule has 2 saturated heterocycles. The Hall–Kier alpha value is -3.52. The number of amides is 2. The third kappa shape index (κ3) is 6.60. The summed E-state index contributed by atoms with van der Waals surface area (Å²) in [5, 5.41) is 9.56. The fraction of sp³-hybridized carbons (Fsp3) is 0.562. The lowest BCUT2D eigenvalue weighted by molar-refractivity contribution is -0.272. The molecule has 0 N–H and O–H groups in total. The van der Waals surface area contributed by atoms with Crippen LogP contribution in [0.5, 0.6) is 0 Å². The second-order valence-corrected chi connectivity index (χ2v) is 12.8. The van der Waals surface area contributed by atoms with E-state index in [1.807, 2.05) is 19.1 Å². The summed E-state index contributed by atoms with van der Waals surface area (Å²) >= 11 is 6.12. The normalized spacial score (nSPS) is 26.2. The number of carbonyl (C=O) groups is 2. The number of pyridine rings is 1. The first-order chi connectivity index (χ1) is 20.9. The summed E-state index contributed by atoms with van der Waals surface area (Å²) in [4.78, 5) is 36.6. The first-order valence-corrected chi connectivity index (χ1v) is 15.5. The molecule has 1 saturated carbocycles. The van der Waals surface area contributed by atoms with Crippen molar-refractivity contribution in [2.75, 3.05) is 38.1 Å². The van der Waals surface area contributed by atoms with Gasteiger partial charge in [-0.1, -0.05) is 30.7 Å². The van der Waals surface area contributed by atoms with E-state index >= 15 is 0 Å². The van der Waals surface area contributed by atoms with Crippen LogP contribution in [0.1, 0.15) is 62.5 Å². The zero-order valence-corrected chi connectivity index (χ0v) is 25.7. The van der Waals surface area contributed by atoms with Crippen molar-refractivity contribution in [3.05, 3.63) is 58.7 Å². The number of anilines is 1. The van der Waals surface area contributed by atoms with Crippen LogP contribution in [-0.4, -0.2) is 77.8 Å². The lowest BCUT2D eigenvalue weighted by Crippen LogP contribution is -2.54. The van der Waals surface area contributed by atoms with Gasteiger partial charge >= 0.3 is 12.3 Å². The molecule has 1 aromatic carbocycles. The molecule has 3 fully saturated rings. The lowest BCUT2D eigenvalue weighted by Gasteiger charge is -2.41. The van der Waals surface area contributed by atoms with E-state index in [4.69, 9.17) is 21.6 Å². The average molecular weight is 632 g/mol. The van der Waals surface area contributed by atoms with Gasteiger partial charge in [0.2, 0.25) is 11.5 Å². The molecule has 2 amide bonds. The molecule has 5 rings (SSSR count). The third-order valence-corrected chi connectivity index (χ3v) is 9.86. The van der Waals surface area contributed by atoms with Gasteiger partial charge in [0.25, 0.3) is 0 Å². The maximum atomic E-state index is 14.3. The van der Waals surface area contributed by atoms with E-state index in [9.17, 15) is 22.8 Å². The van der Waals surface area contributed by atoms with Crippen LogP contribution in [0.4, 0.5) is 23.8 Å². The molecule has 3 aliphatic rings. The van der Waals surface area contributed by atoms with Crippen molar-refractivity contribution < 1.29 is 27.5 Å². The summed E-state index contributed by atoms with van der Waals surface area (Å²) in [5.41, 5.74) is -1.19. The van der Waals surface area contributed by atoms with Crippen molar-refractivity contribution in [1.82, 2.24) is 14.8 Å². The quantitative estimate of drug-likeness (QED) is 0.380. The van der Waals surface area contributed by atoms with Gasteiger partial charge in [0.05, 0.1) is 11.6 Å². The van der Waals surface area contributed by atoms with Gasteiger partial charge < -0.3 is 19.4 Å². The van der Waals surface area contributed by atoms with Crippen LogP contribution >= 0.6 is 11.6 Å². The zero-order valence-electron chi connectivity index (χ0n) is 24.9. The number of benzene rings is 1. The number of carbonyl (C=O) groups excluding carboxylic acids is 2. The molecule has 0 spiro atoms. The van der Waals surface area contributed by atoms with Crippen LogP contribution < -0.4 is 4.90 Å². The van der Waals surface area contributed by atoms with Gasteiger partial charge in [-0.25, -0.2) is 9.78 Å². The highest BCUT2D eigenvalue weighted by Crippen LogP contribution is 2.46. The van der Waals surface area contributed by atoms with Crippen LogP contribution in [0, 0.1) is 23.2 Å². The van der Waals surface area contributed by atoms with Gasteiger partial charge in [-0.15, -0.1) is 0 Å². The minimum absolute atomic E-state index is 0.0336. The van der Waals surface area contributed by atoms with Crippen molar-refractivity contribution >= 4 is 29.4 Å². The molecule has 2 aromatic rings. The lowest BCUT2D eigenvalue weighted by atomic mass is 9.79. The first-order valence-electron chi connectivity index (χ1n) is 15.1. The largest absolute Gasteiger partial charge is 0.433 e. The van der Waals surface area contributed by atoms with Crippen molar-refractivity contribution in [3.63, 3.8) is 0 Å². The van der Waals surface area contributed by atoms with Crippen LogP contribution in [0.3, 0.4) is 0 Å². The van der Waals surface area contributed by atoms with Crippen LogP contribution in [0.2, 0.25) is 5.02 Å². The van der Waals surface area contributed by atoms with Crippen molar-refractivity contribution in [2.24, 2.45) is 11.8 Å². The zero-order chi connectivity index (χ0) is 31.6. The van der Waals surface area contributed by atoms with E-state index in [0.29, 0.717) is 55.9 Å². The van der Waals surface area contributed by atoms with Gasteiger partial charge in [0.1, 0.15) is 11.9 Å². The number of hydrogen-bond donors (Lipinski definition) is 0. The molecule has 2 atom stereocenters. The van der Waals surface area contributed by atoms with Gasteiger partial charge in [-0.05, 0) is 74.3 Å². The van der Waals surface area contributed by atoms with Gasteiger partial charge in [0.15, 0.2) is 0 Å². The summed E-state index contributed by atoms with van der Waals surface area (Å²) < 4.78 is 48.2. The van der Waals surface area contributed by atoms with E-state index in [-0.39, 0.29) is 43.0 Å². The Balaban J connectivity index is 1.30. The van der Waals surface area contributed by atoms with Crippen LogP contribution in [-0.2, 0) is 9.53 Å². The minimum atomic E-state index is -4.68. The molecule has 0 unspecified atom stereocenters.